The van der Waals surface area contributed by atoms with E-state index in [1.165, 1.54) is 0 Å². The fourth-order valence-electron chi connectivity index (χ4n) is 4.02. The van der Waals surface area contributed by atoms with E-state index in [4.69, 9.17) is 16.3 Å². The van der Waals surface area contributed by atoms with Crippen LogP contribution in [0.5, 0.6) is 0 Å². The molecule has 8 heteroatoms. The molecule has 2 atom stereocenters. The summed E-state index contributed by atoms with van der Waals surface area (Å²) >= 11 is 5.92. The number of ether oxygens (including phenoxy) is 1. The van der Waals surface area contributed by atoms with Crippen LogP contribution >= 0.6 is 11.6 Å². The van der Waals surface area contributed by atoms with Gasteiger partial charge < -0.3 is 14.7 Å². The molecule has 0 radical (unpaired) electrons. The molecule has 1 N–H and O–H groups in total. The molecular formula is C19H20ClN3O4. The number of carbonyl (C=O) groups is 2. The lowest BCUT2D eigenvalue weighted by Crippen LogP contribution is -2.45. The number of hydrogen-bond donors (Lipinski definition) is 1. The van der Waals surface area contributed by atoms with E-state index in [0.717, 1.165) is 5.69 Å². The Morgan fingerprint density at radius 1 is 1.33 bits per heavy atom. The van der Waals surface area contributed by atoms with E-state index in [9.17, 15) is 14.7 Å². The summed E-state index contributed by atoms with van der Waals surface area (Å²) in [6, 6.07) is 7.17. The van der Waals surface area contributed by atoms with Crippen molar-refractivity contribution in [3.8, 4) is 5.69 Å². The quantitative estimate of drug-likeness (QED) is 0.871. The second-order valence-corrected chi connectivity index (χ2v) is 7.65. The molecular weight excluding hydrogens is 370 g/mol. The zero-order valence-corrected chi connectivity index (χ0v) is 15.6. The summed E-state index contributed by atoms with van der Waals surface area (Å²) in [4.78, 5) is 26.6. The molecule has 1 aromatic carbocycles. The molecule has 2 aromatic rings. The Bertz CT molecular complexity index is 895. The normalized spacial score (nSPS) is 24.7. The molecule has 2 saturated heterocycles. The summed E-state index contributed by atoms with van der Waals surface area (Å²) in [5, 5.41) is 14.8. The second kappa shape index (κ2) is 6.65. The molecule has 2 aliphatic heterocycles. The average Bonchev–Trinajstić information content (AvgIpc) is 3.23. The summed E-state index contributed by atoms with van der Waals surface area (Å²) in [5.74, 6) is -1.22. The van der Waals surface area contributed by atoms with Gasteiger partial charge in [0.25, 0.3) is 5.91 Å². The number of aromatic nitrogens is 2. The van der Waals surface area contributed by atoms with Crippen LogP contribution in [0.2, 0.25) is 5.02 Å². The fourth-order valence-corrected chi connectivity index (χ4v) is 4.15. The molecule has 7 nitrogen and oxygen atoms in total. The summed E-state index contributed by atoms with van der Waals surface area (Å²) in [6.07, 6.45) is 2.12. The third-order valence-corrected chi connectivity index (χ3v) is 5.89. The Morgan fingerprint density at radius 3 is 2.74 bits per heavy atom. The van der Waals surface area contributed by atoms with Crippen molar-refractivity contribution in [1.82, 2.24) is 14.7 Å². The Hall–Kier alpha value is -2.38. The number of likely N-dealkylation sites (tertiary alicyclic amines) is 1. The van der Waals surface area contributed by atoms with E-state index in [0.29, 0.717) is 42.5 Å². The number of amides is 1. The van der Waals surface area contributed by atoms with Crippen LogP contribution in [0, 0.1) is 18.3 Å². The van der Waals surface area contributed by atoms with Gasteiger partial charge in [-0.1, -0.05) is 11.6 Å². The number of rotatable bonds is 3. The zero-order chi connectivity index (χ0) is 19.2. The molecule has 1 aromatic heterocycles. The number of benzene rings is 1. The molecule has 0 aliphatic carbocycles. The smallest absolute Gasteiger partial charge is 0.311 e. The Labute approximate surface area is 161 Å². The average molecular weight is 390 g/mol. The fraction of sp³-hybridized carbons (Fsp3) is 0.421. The van der Waals surface area contributed by atoms with Gasteiger partial charge in [-0.05, 0) is 37.6 Å². The predicted molar refractivity (Wildman–Crippen MR) is 98.2 cm³/mol. The Kier molecular flexibility index (Phi) is 4.44. The standard InChI is InChI=1S/C19H20ClN3O4/c1-12-16(9-23(21-12)15-4-2-14(20)3-5-15)17(24)22-8-13-10-27-7-6-19(13,11-22)18(25)26/h2-5,9,13H,6-8,10-11H2,1H3,(H,25,26)/t13-,19+/m0/s1. The van der Waals surface area contributed by atoms with Crippen LogP contribution in [0.25, 0.3) is 5.69 Å². The highest BCUT2D eigenvalue weighted by molar-refractivity contribution is 6.30. The molecule has 142 valence electrons. The van der Waals surface area contributed by atoms with Gasteiger partial charge in [0, 0.05) is 36.8 Å². The van der Waals surface area contributed by atoms with Crippen LogP contribution in [0.15, 0.2) is 30.5 Å². The molecule has 0 bridgehead atoms. The van der Waals surface area contributed by atoms with Gasteiger partial charge in [-0.3, -0.25) is 9.59 Å². The lowest BCUT2D eigenvalue weighted by molar-refractivity contribution is -0.157. The molecule has 2 aliphatic rings. The van der Waals surface area contributed by atoms with Gasteiger partial charge in [0.15, 0.2) is 0 Å². The van der Waals surface area contributed by atoms with Crippen LogP contribution in [0.1, 0.15) is 22.5 Å². The van der Waals surface area contributed by atoms with Gasteiger partial charge >= 0.3 is 5.97 Å². The van der Waals surface area contributed by atoms with Gasteiger partial charge in [0.2, 0.25) is 0 Å². The number of aliphatic carboxylic acids is 1. The molecule has 0 unspecified atom stereocenters. The van der Waals surface area contributed by atoms with E-state index in [1.807, 2.05) is 12.1 Å². The van der Waals surface area contributed by atoms with Crippen LogP contribution in [0.3, 0.4) is 0 Å². The van der Waals surface area contributed by atoms with Gasteiger partial charge in [-0.15, -0.1) is 0 Å². The summed E-state index contributed by atoms with van der Waals surface area (Å²) in [7, 11) is 0. The lowest BCUT2D eigenvalue weighted by atomic mass is 9.74. The van der Waals surface area contributed by atoms with E-state index in [-0.39, 0.29) is 18.4 Å². The first kappa shape index (κ1) is 18.0. The van der Waals surface area contributed by atoms with Crippen molar-refractivity contribution in [1.29, 1.82) is 0 Å². The maximum atomic E-state index is 13.1. The first-order valence-electron chi connectivity index (χ1n) is 8.83. The topological polar surface area (TPSA) is 84.7 Å². The Morgan fingerprint density at radius 2 is 2.07 bits per heavy atom. The number of halogens is 1. The van der Waals surface area contributed by atoms with Crippen molar-refractivity contribution in [3.63, 3.8) is 0 Å². The summed E-state index contributed by atoms with van der Waals surface area (Å²) in [5.41, 5.74) is 0.969. The van der Waals surface area contributed by atoms with Crippen molar-refractivity contribution >= 4 is 23.5 Å². The number of fused-ring (bicyclic) bond motifs is 1. The van der Waals surface area contributed by atoms with Gasteiger partial charge in [-0.2, -0.15) is 5.10 Å². The van der Waals surface area contributed by atoms with E-state index in [1.54, 1.807) is 34.8 Å². The first-order valence-corrected chi connectivity index (χ1v) is 9.21. The van der Waals surface area contributed by atoms with Crippen molar-refractivity contribution < 1.29 is 19.4 Å². The Balaban J connectivity index is 1.60. The highest BCUT2D eigenvalue weighted by atomic mass is 35.5. The number of carboxylic acids is 1. The molecule has 2 fully saturated rings. The monoisotopic (exact) mass is 389 g/mol. The number of hydrogen-bond acceptors (Lipinski definition) is 4. The van der Waals surface area contributed by atoms with Crippen molar-refractivity contribution in [3.05, 3.63) is 46.7 Å². The highest BCUT2D eigenvalue weighted by Crippen LogP contribution is 2.43. The van der Waals surface area contributed by atoms with Crippen molar-refractivity contribution in [2.75, 3.05) is 26.3 Å². The zero-order valence-electron chi connectivity index (χ0n) is 14.9. The van der Waals surface area contributed by atoms with Crippen molar-refractivity contribution in [2.45, 2.75) is 13.3 Å². The highest BCUT2D eigenvalue weighted by Gasteiger charge is 2.55. The predicted octanol–water partition coefficient (Wildman–Crippen LogP) is 2.40. The van der Waals surface area contributed by atoms with Gasteiger partial charge in [0.1, 0.15) is 0 Å². The minimum absolute atomic E-state index is 0.181. The molecule has 27 heavy (non-hydrogen) atoms. The number of aryl methyl sites for hydroxylation is 1. The van der Waals surface area contributed by atoms with Crippen LogP contribution in [-0.4, -0.2) is 58.0 Å². The van der Waals surface area contributed by atoms with Gasteiger partial charge in [-0.25, -0.2) is 4.68 Å². The van der Waals surface area contributed by atoms with E-state index >= 15 is 0 Å². The second-order valence-electron chi connectivity index (χ2n) is 7.22. The summed E-state index contributed by atoms with van der Waals surface area (Å²) < 4.78 is 7.10. The number of nitrogens with zero attached hydrogens (tertiary/aromatic N) is 3. The molecule has 0 spiro atoms. The van der Waals surface area contributed by atoms with Gasteiger partial charge in [0.05, 0.1) is 29.0 Å². The third kappa shape index (κ3) is 3.00. The number of carbonyl (C=O) groups excluding carboxylic acids is 1. The maximum Gasteiger partial charge on any atom is 0.311 e. The third-order valence-electron chi connectivity index (χ3n) is 5.64. The molecule has 0 saturated carbocycles. The van der Waals surface area contributed by atoms with E-state index < -0.39 is 11.4 Å². The van der Waals surface area contributed by atoms with Crippen molar-refractivity contribution in [2.24, 2.45) is 11.3 Å². The summed E-state index contributed by atoms with van der Waals surface area (Å²) in [6.45, 7) is 3.16. The number of carboxylic acid groups (broad SMARTS) is 1. The lowest BCUT2D eigenvalue weighted by Gasteiger charge is -2.33. The molecule has 1 amide bonds. The first-order chi connectivity index (χ1) is 12.9. The maximum absolute atomic E-state index is 13.1. The molecule has 4 rings (SSSR count). The van der Waals surface area contributed by atoms with Crippen LogP contribution < -0.4 is 0 Å². The van der Waals surface area contributed by atoms with Crippen LogP contribution in [0.4, 0.5) is 0 Å². The van der Waals surface area contributed by atoms with E-state index in [2.05, 4.69) is 5.10 Å². The SMILES string of the molecule is Cc1nn(-c2ccc(Cl)cc2)cc1C(=O)N1C[C@H]2COCC[C@@]2(C(=O)O)C1. The minimum Gasteiger partial charge on any atom is -0.481 e. The van der Waals surface area contributed by atoms with Crippen LogP contribution in [-0.2, 0) is 9.53 Å². The minimum atomic E-state index is -0.909. The largest absolute Gasteiger partial charge is 0.481 e. The molecule has 3 heterocycles.